The molecule has 1 aromatic carbocycles. The number of rotatable bonds is 6. The molecule has 0 bridgehead atoms. The summed E-state index contributed by atoms with van der Waals surface area (Å²) in [5, 5.41) is 13.8. The predicted octanol–water partition coefficient (Wildman–Crippen LogP) is 2.80. The molecular weight excluding hydrogens is 260 g/mol. The van der Waals surface area contributed by atoms with E-state index in [4.69, 9.17) is 11.6 Å². The fourth-order valence-corrected chi connectivity index (χ4v) is 2.19. The van der Waals surface area contributed by atoms with Crippen molar-refractivity contribution in [3.05, 3.63) is 28.8 Å². The van der Waals surface area contributed by atoms with Gasteiger partial charge in [-0.2, -0.15) is 0 Å². The third kappa shape index (κ3) is 3.62. The van der Waals surface area contributed by atoms with Crippen molar-refractivity contribution in [2.75, 3.05) is 18.6 Å². The van der Waals surface area contributed by atoms with Gasteiger partial charge in [-0.15, -0.1) is 0 Å². The summed E-state index contributed by atoms with van der Waals surface area (Å²) in [5.74, 6) is 0. The molecule has 0 amide bonds. The molecule has 0 spiro atoms. The standard InChI is InChI=1S/C15H23ClN2O/c1-15(2,10-19)18(3)14-7-4-12(16)8-11(14)9-17-13-5-6-13/h4,7-8,13,17,19H,5-6,9-10H2,1-3H3. The lowest BCUT2D eigenvalue weighted by atomic mass is 10.0. The first kappa shape index (κ1) is 14.6. The van der Waals surface area contributed by atoms with Crippen molar-refractivity contribution in [2.45, 2.75) is 44.8 Å². The minimum Gasteiger partial charge on any atom is -0.394 e. The summed E-state index contributed by atoms with van der Waals surface area (Å²) in [6.45, 7) is 4.99. The summed E-state index contributed by atoms with van der Waals surface area (Å²) in [7, 11) is 2.01. The van der Waals surface area contributed by atoms with Gasteiger partial charge in [-0.25, -0.2) is 0 Å². The number of anilines is 1. The molecule has 106 valence electrons. The zero-order valence-electron chi connectivity index (χ0n) is 11.9. The Hall–Kier alpha value is -0.770. The molecule has 1 fully saturated rings. The van der Waals surface area contributed by atoms with Crippen molar-refractivity contribution < 1.29 is 5.11 Å². The topological polar surface area (TPSA) is 35.5 Å². The molecule has 2 rings (SSSR count). The Balaban J connectivity index is 2.21. The van der Waals surface area contributed by atoms with Gasteiger partial charge in [0, 0.05) is 30.3 Å². The van der Waals surface area contributed by atoms with Gasteiger partial charge in [0.25, 0.3) is 0 Å². The van der Waals surface area contributed by atoms with E-state index in [-0.39, 0.29) is 12.1 Å². The van der Waals surface area contributed by atoms with Gasteiger partial charge in [0.05, 0.1) is 12.1 Å². The monoisotopic (exact) mass is 282 g/mol. The van der Waals surface area contributed by atoms with Gasteiger partial charge in [-0.05, 0) is 50.5 Å². The zero-order chi connectivity index (χ0) is 14.0. The SMILES string of the molecule is CN(c1ccc(Cl)cc1CNC1CC1)C(C)(C)CO. The molecule has 1 aliphatic carbocycles. The maximum Gasteiger partial charge on any atom is 0.0658 e. The van der Waals surface area contributed by atoms with Crippen LogP contribution in [0, 0.1) is 0 Å². The van der Waals surface area contributed by atoms with Gasteiger partial charge in [-0.1, -0.05) is 11.6 Å². The van der Waals surface area contributed by atoms with E-state index in [1.807, 2.05) is 39.1 Å². The first-order chi connectivity index (χ1) is 8.94. The van der Waals surface area contributed by atoms with Crippen LogP contribution in [0.3, 0.4) is 0 Å². The number of halogens is 1. The summed E-state index contributed by atoms with van der Waals surface area (Å²) in [6, 6.07) is 6.62. The maximum absolute atomic E-state index is 9.52. The Labute approximate surface area is 120 Å². The van der Waals surface area contributed by atoms with Crippen LogP contribution in [0.4, 0.5) is 5.69 Å². The Morgan fingerprint density at radius 2 is 2.11 bits per heavy atom. The molecule has 1 aromatic rings. The third-order valence-electron chi connectivity index (χ3n) is 3.86. The van der Waals surface area contributed by atoms with Crippen LogP contribution in [-0.2, 0) is 6.54 Å². The molecule has 0 unspecified atom stereocenters. The Morgan fingerprint density at radius 1 is 1.42 bits per heavy atom. The second-order valence-electron chi connectivity index (χ2n) is 5.96. The van der Waals surface area contributed by atoms with Crippen LogP contribution < -0.4 is 10.2 Å². The van der Waals surface area contributed by atoms with E-state index < -0.39 is 0 Å². The number of nitrogens with zero attached hydrogens (tertiary/aromatic N) is 1. The molecule has 0 aromatic heterocycles. The summed E-state index contributed by atoms with van der Waals surface area (Å²) in [4.78, 5) is 2.12. The average Bonchev–Trinajstić information content (AvgIpc) is 3.19. The largest absolute Gasteiger partial charge is 0.394 e. The van der Waals surface area contributed by atoms with E-state index in [2.05, 4.69) is 10.2 Å². The van der Waals surface area contributed by atoms with Gasteiger partial charge in [0.1, 0.15) is 0 Å². The molecule has 0 aliphatic heterocycles. The normalized spacial score (nSPS) is 15.6. The second kappa shape index (κ2) is 5.70. The minimum atomic E-state index is -0.290. The number of aliphatic hydroxyl groups excluding tert-OH is 1. The molecule has 0 atom stereocenters. The van der Waals surface area contributed by atoms with Crippen LogP contribution in [0.25, 0.3) is 0 Å². The fraction of sp³-hybridized carbons (Fsp3) is 0.600. The quantitative estimate of drug-likeness (QED) is 0.842. The maximum atomic E-state index is 9.52. The average molecular weight is 283 g/mol. The fourth-order valence-electron chi connectivity index (χ4n) is 2.00. The van der Waals surface area contributed by atoms with Gasteiger partial charge >= 0.3 is 0 Å². The summed E-state index contributed by atoms with van der Waals surface area (Å²) < 4.78 is 0. The lowest BCUT2D eigenvalue weighted by molar-refractivity contribution is 0.216. The van der Waals surface area contributed by atoms with Crippen LogP contribution >= 0.6 is 11.6 Å². The van der Waals surface area contributed by atoms with Crippen molar-refractivity contribution in [3.63, 3.8) is 0 Å². The second-order valence-corrected chi connectivity index (χ2v) is 6.39. The highest BCUT2D eigenvalue weighted by atomic mass is 35.5. The van der Waals surface area contributed by atoms with Crippen LogP contribution in [-0.4, -0.2) is 30.3 Å². The number of aliphatic hydroxyl groups is 1. The number of hydrogen-bond acceptors (Lipinski definition) is 3. The minimum absolute atomic E-state index is 0.113. The third-order valence-corrected chi connectivity index (χ3v) is 4.09. The van der Waals surface area contributed by atoms with E-state index in [0.29, 0.717) is 6.04 Å². The van der Waals surface area contributed by atoms with E-state index in [1.165, 1.54) is 18.4 Å². The molecule has 0 saturated heterocycles. The molecule has 0 radical (unpaired) electrons. The first-order valence-corrected chi connectivity index (χ1v) is 7.18. The Bertz CT molecular complexity index is 444. The van der Waals surface area contributed by atoms with Crippen LogP contribution in [0.1, 0.15) is 32.3 Å². The van der Waals surface area contributed by atoms with Crippen LogP contribution in [0.5, 0.6) is 0 Å². The molecule has 2 N–H and O–H groups in total. The number of benzene rings is 1. The van der Waals surface area contributed by atoms with Crippen molar-refractivity contribution in [1.82, 2.24) is 5.32 Å². The smallest absolute Gasteiger partial charge is 0.0658 e. The molecule has 1 aliphatic rings. The molecular formula is C15H23ClN2O. The Morgan fingerprint density at radius 3 is 2.68 bits per heavy atom. The molecule has 19 heavy (non-hydrogen) atoms. The molecule has 0 heterocycles. The van der Waals surface area contributed by atoms with Gasteiger partial charge in [0.2, 0.25) is 0 Å². The highest BCUT2D eigenvalue weighted by Crippen LogP contribution is 2.29. The summed E-state index contributed by atoms with van der Waals surface area (Å²) in [5.41, 5.74) is 2.02. The van der Waals surface area contributed by atoms with E-state index >= 15 is 0 Å². The van der Waals surface area contributed by atoms with E-state index in [9.17, 15) is 5.11 Å². The predicted molar refractivity (Wildman–Crippen MR) is 80.9 cm³/mol. The van der Waals surface area contributed by atoms with Crippen molar-refractivity contribution in [1.29, 1.82) is 0 Å². The Kier molecular flexibility index (Phi) is 4.39. The summed E-state index contributed by atoms with van der Waals surface area (Å²) >= 11 is 6.10. The van der Waals surface area contributed by atoms with Crippen LogP contribution in [0.15, 0.2) is 18.2 Å². The molecule has 1 saturated carbocycles. The lowest BCUT2D eigenvalue weighted by Crippen LogP contribution is -2.45. The number of hydrogen-bond donors (Lipinski definition) is 2. The van der Waals surface area contributed by atoms with Crippen molar-refractivity contribution >= 4 is 17.3 Å². The highest BCUT2D eigenvalue weighted by molar-refractivity contribution is 6.30. The highest BCUT2D eigenvalue weighted by Gasteiger charge is 2.25. The lowest BCUT2D eigenvalue weighted by Gasteiger charge is -2.37. The number of nitrogens with one attached hydrogen (secondary N) is 1. The van der Waals surface area contributed by atoms with Gasteiger partial charge < -0.3 is 15.3 Å². The number of likely N-dealkylation sites (N-methyl/N-ethyl adjacent to an activating group) is 1. The van der Waals surface area contributed by atoms with Crippen molar-refractivity contribution in [3.8, 4) is 0 Å². The van der Waals surface area contributed by atoms with E-state index in [1.54, 1.807) is 0 Å². The van der Waals surface area contributed by atoms with Gasteiger partial charge in [-0.3, -0.25) is 0 Å². The van der Waals surface area contributed by atoms with Gasteiger partial charge in [0.15, 0.2) is 0 Å². The molecule has 3 nitrogen and oxygen atoms in total. The molecule has 4 heteroatoms. The van der Waals surface area contributed by atoms with Crippen LogP contribution in [0.2, 0.25) is 5.02 Å². The van der Waals surface area contributed by atoms with Crippen molar-refractivity contribution in [2.24, 2.45) is 0 Å². The van der Waals surface area contributed by atoms with E-state index in [0.717, 1.165) is 17.3 Å². The first-order valence-electron chi connectivity index (χ1n) is 6.80. The summed E-state index contributed by atoms with van der Waals surface area (Å²) in [6.07, 6.45) is 2.54. The zero-order valence-corrected chi connectivity index (χ0v) is 12.7.